The Morgan fingerprint density at radius 3 is 2.23 bits per heavy atom. The monoisotopic (exact) mass is 402 g/mol. The van der Waals surface area contributed by atoms with Crippen molar-refractivity contribution in [1.29, 1.82) is 0 Å². The summed E-state index contributed by atoms with van der Waals surface area (Å²) in [6.45, 7) is 6.25. The van der Waals surface area contributed by atoms with Gasteiger partial charge < -0.3 is 4.74 Å². The second kappa shape index (κ2) is 9.20. The van der Waals surface area contributed by atoms with Crippen molar-refractivity contribution in [2.45, 2.75) is 52.9 Å². The zero-order valence-electron chi connectivity index (χ0n) is 18.6. The molecule has 0 aliphatic heterocycles. The molecule has 158 valence electrons. The van der Waals surface area contributed by atoms with Crippen molar-refractivity contribution in [3.05, 3.63) is 70.8 Å². The summed E-state index contributed by atoms with van der Waals surface area (Å²) < 4.78 is 4.94. The number of allylic oxidation sites excluding steroid dienone is 6. The van der Waals surface area contributed by atoms with E-state index in [1.165, 1.54) is 54.9 Å². The Hall–Kier alpha value is -2.35. The SMILES string of the molecule is CCOC(=O)C=C(C)C=CC=C(C)c1ccc(C=C2C3CC4CC(C3)CC2C4)cc1. The lowest BCUT2D eigenvalue weighted by Gasteiger charge is -2.51. The largest absolute Gasteiger partial charge is 0.463 e. The minimum Gasteiger partial charge on any atom is -0.463 e. The fraction of sp³-hybridized carbons (Fsp3) is 0.464. The molecule has 0 aromatic heterocycles. The van der Waals surface area contributed by atoms with Gasteiger partial charge in [0.1, 0.15) is 0 Å². The molecule has 0 radical (unpaired) electrons. The second-order valence-electron chi connectivity index (χ2n) is 9.42. The van der Waals surface area contributed by atoms with Gasteiger partial charge in [-0.15, -0.1) is 0 Å². The van der Waals surface area contributed by atoms with E-state index in [1.54, 1.807) is 5.57 Å². The summed E-state index contributed by atoms with van der Waals surface area (Å²) in [5.74, 6) is 3.47. The molecule has 4 aliphatic rings. The van der Waals surface area contributed by atoms with Crippen LogP contribution >= 0.6 is 0 Å². The molecule has 30 heavy (non-hydrogen) atoms. The van der Waals surface area contributed by atoms with Gasteiger partial charge >= 0.3 is 5.97 Å². The lowest BCUT2D eigenvalue weighted by Crippen LogP contribution is -2.40. The molecule has 0 saturated heterocycles. The van der Waals surface area contributed by atoms with Crippen molar-refractivity contribution in [2.75, 3.05) is 6.61 Å². The molecule has 2 nitrogen and oxygen atoms in total. The number of benzene rings is 1. The molecule has 5 rings (SSSR count). The third kappa shape index (κ3) is 4.86. The average molecular weight is 403 g/mol. The van der Waals surface area contributed by atoms with Crippen LogP contribution in [0.3, 0.4) is 0 Å². The van der Waals surface area contributed by atoms with Crippen LogP contribution in [-0.2, 0) is 9.53 Å². The van der Waals surface area contributed by atoms with E-state index in [0.29, 0.717) is 6.61 Å². The van der Waals surface area contributed by atoms with Crippen molar-refractivity contribution in [3.63, 3.8) is 0 Å². The summed E-state index contributed by atoms with van der Waals surface area (Å²) in [6.07, 6.45) is 17.3. The summed E-state index contributed by atoms with van der Waals surface area (Å²) in [5.41, 5.74) is 6.42. The van der Waals surface area contributed by atoms with Crippen molar-refractivity contribution in [1.82, 2.24) is 0 Å². The summed E-state index contributed by atoms with van der Waals surface area (Å²) in [7, 11) is 0. The maximum atomic E-state index is 11.5. The van der Waals surface area contributed by atoms with Gasteiger partial charge in [-0.05, 0) is 98.8 Å². The van der Waals surface area contributed by atoms with Crippen LogP contribution in [0.1, 0.15) is 64.0 Å². The van der Waals surface area contributed by atoms with Gasteiger partial charge in [-0.25, -0.2) is 4.79 Å². The molecule has 4 aliphatic carbocycles. The van der Waals surface area contributed by atoms with E-state index in [-0.39, 0.29) is 5.97 Å². The van der Waals surface area contributed by atoms with E-state index in [1.807, 2.05) is 26.0 Å². The van der Waals surface area contributed by atoms with Gasteiger partial charge in [-0.2, -0.15) is 0 Å². The molecule has 0 spiro atoms. The molecule has 4 fully saturated rings. The zero-order valence-corrected chi connectivity index (χ0v) is 18.6. The lowest BCUT2D eigenvalue weighted by atomic mass is 9.54. The predicted molar refractivity (Wildman–Crippen MR) is 125 cm³/mol. The first-order valence-corrected chi connectivity index (χ1v) is 11.5. The van der Waals surface area contributed by atoms with E-state index < -0.39 is 0 Å². The highest BCUT2D eigenvalue weighted by Crippen LogP contribution is 2.56. The highest BCUT2D eigenvalue weighted by molar-refractivity contribution is 5.83. The number of hydrogen-bond acceptors (Lipinski definition) is 2. The van der Waals surface area contributed by atoms with Crippen LogP contribution in [-0.4, -0.2) is 12.6 Å². The highest BCUT2D eigenvalue weighted by atomic mass is 16.5. The van der Waals surface area contributed by atoms with Crippen LogP contribution in [0.2, 0.25) is 0 Å². The van der Waals surface area contributed by atoms with E-state index in [0.717, 1.165) is 29.2 Å². The molecule has 4 saturated carbocycles. The van der Waals surface area contributed by atoms with Crippen molar-refractivity contribution >= 4 is 17.6 Å². The number of esters is 1. The van der Waals surface area contributed by atoms with Crippen LogP contribution < -0.4 is 0 Å². The third-order valence-electron chi connectivity index (χ3n) is 7.12. The van der Waals surface area contributed by atoms with Gasteiger partial charge in [0.05, 0.1) is 6.61 Å². The van der Waals surface area contributed by atoms with Gasteiger partial charge in [0.25, 0.3) is 0 Å². The summed E-state index contributed by atoms with van der Waals surface area (Å²) in [6, 6.07) is 8.98. The zero-order chi connectivity index (χ0) is 21.1. The Morgan fingerprint density at radius 1 is 1.00 bits per heavy atom. The van der Waals surface area contributed by atoms with Gasteiger partial charge in [0.2, 0.25) is 0 Å². The van der Waals surface area contributed by atoms with Gasteiger partial charge in [0.15, 0.2) is 0 Å². The van der Waals surface area contributed by atoms with Gasteiger partial charge in [-0.1, -0.05) is 54.1 Å². The first-order chi connectivity index (χ1) is 14.5. The number of hydrogen-bond donors (Lipinski definition) is 0. The number of carbonyl (C=O) groups excluding carboxylic acids is 1. The van der Waals surface area contributed by atoms with Crippen LogP contribution in [0.15, 0.2) is 59.7 Å². The van der Waals surface area contributed by atoms with Crippen LogP contribution in [0.25, 0.3) is 11.6 Å². The Labute approximate surface area is 181 Å². The Bertz CT molecular complexity index is 865. The van der Waals surface area contributed by atoms with Crippen molar-refractivity contribution in [3.8, 4) is 0 Å². The van der Waals surface area contributed by atoms with Crippen LogP contribution in [0, 0.1) is 23.7 Å². The van der Waals surface area contributed by atoms with Crippen molar-refractivity contribution in [2.24, 2.45) is 23.7 Å². The predicted octanol–water partition coefficient (Wildman–Crippen LogP) is 7.00. The van der Waals surface area contributed by atoms with Crippen LogP contribution in [0.5, 0.6) is 0 Å². The first-order valence-electron chi connectivity index (χ1n) is 11.5. The van der Waals surface area contributed by atoms with E-state index in [9.17, 15) is 4.79 Å². The topological polar surface area (TPSA) is 26.3 Å². The summed E-state index contributed by atoms with van der Waals surface area (Å²) in [4.78, 5) is 11.5. The molecule has 0 N–H and O–H groups in total. The molecule has 0 heterocycles. The Balaban J connectivity index is 1.40. The first kappa shape index (κ1) is 20.9. The maximum Gasteiger partial charge on any atom is 0.330 e. The number of carbonyl (C=O) groups is 1. The molecule has 4 bridgehead atoms. The molecule has 0 atom stereocenters. The second-order valence-corrected chi connectivity index (χ2v) is 9.42. The fourth-order valence-corrected chi connectivity index (χ4v) is 5.86. The smallest absolute Gasteiger partial charge is 0.330 e. The number of rotatable bonds is 6. The summed E-state index contributed by atoms with van der Waals surface area (Å²) in [5, 5.41) is 0. The molecule has 0 unspecified atom stereocenters. The van der Waals surface area contributed by atoms with E-state index in [4.69, 9.17) is 4.74 Å². The average Bonchev–Trinajstić information content (AvgIpc) is 2.70. The molecular formula is C28H34O2. The standard InChI is InChI=1S/C28H34O2/c1-4-30-28(29)12-19(2)6-5-7-20(3)24-10-8-21(9-11-24)18-27-25-14-22-13-23(16-25)17-26(27)15-22/h5-12,18,22-23,25-26H,4,13-17H2,1-3H3. The van der Waals surface area contributed by atoms with E-state index >= 15 is 0 Å². The lowest BCUT2D eigenvalue weighted by molar-refractivity contribution is -0.137. The Kier molecular flexibility index (Phi) is 6.41. The maximum absolute atomic E-state index is 11.5. The van der Waals surface area contributed by atoms with Crippen LogP contribution in [0.4, 0.5) is 0 Å². The van der Waals surface area contributed by atoms with Gasteiger partial charge in [-0.3, -0.25) is 0 Å². The molecule has 1 aromatic rings. The molecule has 1 aromatic carbocycles. The fourth-order valence-electron chi connectivity index (χ4n) is 5.86. The summed E-state index contributed by atoms with van der Waals surface area (Å²) >= 11 is 0. The van der Waals surface area contributed by atoms with Crippen molar-refractivity contribution < 1.29 is 9.53 Å². The number of ether oxygens (including phenoxy) is 1. The third-order valence-corrected chi connectivity index (χ3v) is 7.12. The minimum atomic E-state index is -0.288. The molecular weight excluding hydrogens is 368 g/mol. The van der Waals surface area contributed by atoms with E-state index in [2.05, 4.69) is 43.3 Å². The quantitative estimate of drug-likeness (QED) is 0.291. The highest BCUT2D eigenvalue weighted by Gasteiger charge is 2.44. The molecule has 2 heteroatoms. The van der Waals surface area contributed by atoms with Gasteiger partial charge in [0, 0.05) is 6.08 Å². The molecule has 0 amide bonds. The normalized spacial score (nSPS) is 28.3. The Morgan fingerprint density at radius 2 is 1.63 bits per heavy atom. The minimum absolute atomic E-state index is 0.288.